The van der Waals surface area contributed by atoms with Crippen LogP contribution in [-0.4, -0.2) is 80.5 Å². The van der Waals surface area contributed by atoms with Gasteiger partial charge in [0.15, 0.2) is 0 Å². The fourth-order valence-corrected chi connectivity index (χ4v) is 1.98. The van der Waals surface area contributed by atoms with Gasteiger partial charge in [0.25, 0.3) is 0 Å². The highest BCUT2D eigenvalue weighted by Gasteiger charge is 2.15. The van der Waals surface area contributed by atoms with E-state index in [1.807, 2.05) is 0 Å². The Bertz CT molecular complexity index is 164. The van der Waals surface area contributed by atoms with Gasteiger partial charge in [-0.3, -0.25) is 4.90 Å². The second-order valence-electron chi connectivity index (χ2n) is 4.53. The number of piperazine rings is 1. The van der Waals surface area contributed by atoms with Crippen molar-refractivity contribution in [2.45, 2.75) is 6.42 Å². The van der Waals surface area contributed by atoms with Gasteiger partial charge < -0.3 is 9.80 Å². The molecule has 0 atom stereocenters. The molecule has 0 amide bonds. The van der Waals surface area contributed by atoms with Crippen molar-refractivity contribution in [3.63, 3.8) is 0 Å². The maximum atomic E-state index is 5.69. The quantitative estimate of drug-likeness (QED) is 0.684. The summed E-state index contributed by atoms with van der Waals surface area (Å²) in [5.41, 5.74) is 0. The van der Waals surface area contributed by atoms with Gasteiger partial charge in [-0.25, -0.2) is 0 Å². The number of hydrogen-bond acceptors (Lipinski definition) is 3. The van der Waals surface area contributed by atoms with E-state index < -0.39 is 0 Å². The first-order chi connectivity index (χ1) is 7.22. The molecule has 0 aromatic carbocycles. The fraction of sp³-hybridized carbons (Fsp3) is 1.00. The summed E-state index contributed by atoms with van der Waals surface area (Å²) in [5, 5.41) is 0. The minimum Gasteiger partial charge on any atom is -0.308 e. The van der Waals surface area contributed by atoms with Crippen LogP contribution < -0.4 is 0 Å². The SMILES string of the molecule is CN(C)CCN1CCN(CCCCl)CC1.Cl.Cl.Cl. The Morgan fingerprint density at radius 1 is 0.889 bits per heavy atom. The van der Waals surface area contributed by atoms with E-state index >= 15 is 0 Å². The van der Waals surface area contributed by atoms with E-state index in [0.717, 1.165) is 12.3 Å². The van der Waals surface area contributed by atoms with Crippen molar-refractivity contribution < 1.29 is 0 Å². The first-order valence-corrected chi connectivity index (χ1v) is 6.41. The van der Waals surface area contributed by atoms with Gasteiger partial charge in [-0.2, -0.15) is 0 Å². The molecule has 1 aliphatic heterocycles. The summed E-state index contributed by atoms with van der Waals surface area (Å²) in [4.78, 5) is 7.33. The lowest BCUT2D eigenvalue weighted by Crippen LogP contribution is -2.48. The summed E-state index contributed by atoms with van der Waals surface area (Å²) in [6.07, 6.45) is 1.12. The molecule has 0 aromatic heterocycles. The van der Waals surface area contributed by atoms with Crippen LogP contribution in [0.15, 0.2) is 0 Å². The Balaban J connectivity index is -0.000000750. The van der Waals surface area contributed by atoms with Gasteiger partial charge in [-0.05, 0) is 27.1 Å². The van der Waals surface area contributed by atoms with Gasteiger partial charge in [0.2, 0.25) is 0 Å². The molecule has 0 bridgehead atoms. The van der Waals surface area contributed by atoms with E-state index in [1.54, 1.807) is 0 Å². The molecule has 1 saturated heterocycles. The van der Waals surface area contributed by atoms with Crippen LogP contribution in [-0.2, 0) is 0 Å². The summed E-state index contributed by atoms with van der Waals surface area (Å²) < 4.78 is 0. The molecule has 1 heterocycles. The highest BCUT2D eigenvalue weighted by molar-refractivity contribution is 6.17. The zero-order valence-electron chi connectivity index (χ0n) is 11.3. The molecule has 7 heteroatoms. The number of hydrogen-bond donors (Lipinski definition) is 0. The predicted molar refractivity (Wildman–Crippen MR) is 88.5 cm³/mol. The lowest BCUT2D eigenvalue weighted by Gasteiger charge is -2.35. The van der Waals surface area contributed by atoms with Crippen LogP contribution in [0.2, 0.25) is 0 Å². The zero-order chi connectivity index (χ0) is 11.1. The van der Waals surface area contributed by atoms with Crippen LogP contribution in [0.5, 0.6) is 0 Å². The first kappa shape index (κ1) is 24.1. The molecule has 0 N–H and O–H groups in total. The van der Waals surface area contributed by atoms with Gasteiger partial charge >= 0.3 is 0 Å². The smallest absolute Gasteiger partial charge is 0.0235 e. The second-order valence-corrected chi connectivity index (χ2v) is 4.91. The van der Waals surface area contributed by atoms with Crippen LogP contribution >= 0.6 is 48.8 Å². The highest BCUT2D eigenvalue weighted by atomic mass is 35.5. The van der Waals surface area contributed by atoms with Crippen molar-refractivity contribution in [2.75, 3.05) is 65.8 Å². The van der Waals surface area contributed by atoms with Gasteiger partial charge in [0.1, 0.15) is 0 Å². The molecule has 0 aromatic rings. The van der Waals surface area contributed by atoms with Crippen molar-refractivity contribution in [1.82, 2.24) is 14.7 Å². The molecule has 3 nitrogen and oxygen atoms in total. The molecule has 0 radical (unpaired) electrons. The van der Waals surface area contributed by atoms with Gasteiger partial charge in [0.05, 0.1) is 0 Å². The lowest BCUT2D eigenvalue weighted by atomic mass is 10.3. The third-order valence-electron chi connectivity index (χ3n) is 2.94. The van der Waals surface area contributed by atoms with Crippen molar-refractivity contribution in [2.24, 2.45) is 0 Å². The van der Waals surface area contributed by atoms with E-state index in [9.17, 15) is 0 Å². The molecule has 0 spiro atoms. The van der Waals surface area contributed by atoms with E-state index in [4.69, 9.17) is 11.6 Å². The van der Waals surface area contributed by atoms with Gasteiger partial charge in [-0.1, -0.05) is 0 Å². The molecule has 1 aliphatic rings. The molecular weight excluding hydrogens is 316 g/mol. The topological polar surface area (TPSA) is 9.72 Å². The Labute approximate surface area is 135 Å². The Morgan fingerprint density at radius 2 is 1.33 bits per heavy atom. The molecule has 1 fully saturated rings. The van der Waals surface area contributed by atoms with Crippen LogP contribution in [0.4, 0.5) is 0 Å². The van der Waals surface area contributed by atoms with Crippen molar-refractivity contribution in [1.29, 1.82) is 0 Å². The third kappa shape index (κ3) is 10.9. The Kier molecular flexibility index (Phi) is 19.3. The Hall–Kier alpha value is 1.04. The number of nitrogens with zero attached hydrogens (tertiary/aromatic N) is 3. The molecule has 1 rings (SSSR count). The van der Waals surface area contributed by atoms with Crippen LogP contribution in [0.25, 0.3) is 0 Å². The van der Waals surface area contributed by atoms with Crippen LogP contribution in [0.3, 0.4) is 0 Å². The summed E-state index contributed by atoms with van der Waals surface area (Å²) in [5.74, 6) is 0.793. The van der Waals surface area contributed by atoms with E-state index in [0.29, 0.717) is 0 Å². The zero-order valence-corrected chi connectivity index (χ0v) is 14.5. The molecule has 0 aliphatic carbocycles. The van der Waals surface area contributed by atoms with Crippen LogP contribution in [0, 0.1) is 0 Å². The average Bonchev–Trinajstić information content (AvgIpc) is 2.25. The Morgan fingerprint density at radius 3 is 1.72 bits per heavy atom. The van der Waals surface area contributed by atoms with Crippen molar-refractivity contribution in [3.8, 4) is 0 Å². The standard InChI is InChI=1S/C11H24ClN3.3ClH/c1-13(2)6-7-15-10-8-14(9-11-15)5-3-4-12;;;/h3-11H2,1-2H3;3*1H. The predicted octanol–water partition coefficient (Wildman–Crippen LogP) is 2.06. The first-order valence-electron chi connectivity index (χ1n) is 5.88. The van der Waals surface area contributed by atoms with Gasteiger partial charge in [-0.15, -0.1) is 48.8 Å². The second kappa shape index (κ2) is 14.4. The fourth-order valence-electron chi connectivity index (χ4n) is 1.86. The average molecular weight is 343 g/mol. The molecule has 114 valence electrons. The van der Waals surface area contributed by atoms with Gasteiger partial charge in [0, 0.05) is 45.1 Å². The summed E-state index contributed by atoms with van der Waals surface area (Å²) in [6.45, 7) is 8.41. The summed E-state index contributed by atoms with van der Waals surface area (Å²) >= 11 is 5.69. The van der Waals surface area contributed by atoms with E-state index in [2.05, 4.69) is 28.8 Å². The number of rotatable bonds is 6. The lowest BCUT2D eigenvalue weighted by molar-refractivity contribution is 0.126. The summed E-state index contributed by atoms with van der Waals surface area (Å²) in [7, 11) is 4.27. The number of alkyl halides is 1. The minimum atomic E-state index is 0. The maximum Gasteiger partial charge on any atom is 0.0235 e. The monoisotopic (exact) mass is 341 g/mol. The van der Waals surface area contributed by atoms with Crippen molar-refractivity contribution in [3.05, 3.63) is 0 Å². The third-order valence-corrected chi connectivity index (χ3v) is 3.20. The largest absolute Gasteiger partial charge is 0.308 e. The molecular formula is C11H27Cl4N3. The van der Waals surface area contributed by atoms with E-state index in [-0.39, 0.29) is 37.2 Å². The van der Waals surface area contributed by atoms with E-state index in [1.165, 1.54) is 45.8 Å². The maximum absolute atomic E-state index is 5.69. The molecule has 18 heavy (non-hydrogen) atoms. The highest BCUT2D eigenvalue weighted by Crippen LogP contribution is 2.02. The number of halogens is 4. The van der Waals surface area contributed by atoms with Crippen molar-refractivity contribution >= 4 is 48.8 Å². The number of likely N-dealkylation sites (N-methyl/N-ethyl adjacent to an activating group) is 1. The summed E-state index contributed by atoms with van der Waals surface area (Å²) in [6, 6.07) is 0. The normalized spacial score (nSPS) is 16.7. The minimum absolute atomic E-state index is 0. The molecule has 0 unspecified atom stereocenters. The van der Waals surface area contributed by atoms with Crippen LogP contribution in [0.1, 0.15) is 6.42 Å². The molecule has 0 saturated carbocycles.